The van der Waals surface area contributed by atoms with Crippen molar-refractivity contribution in [1.29, 1.82) is 0 Å². The van der Waals surface area contributed by atoms with Crippen molar-refractivity contribution in [3.05, 3.63) is 53.6 Å². The number of methoxy groups -OCH3 is 2. The third kappa shape index (κ3) is 4.39. The number of carbonyl (C=O) groups is 1. The first kappa shape index (κ1) is 16.7. The van der Waals surface area contributed by atoms with Crippen LogP contribution in [0.15, 0.2) is 42.5 Å². The Balaban J connectivity index is 2.03. The van der Waals surface area contributed by atoms with E-state index in [2.05, 4.69) is 0 Å². The third-order valence-electron chi connectivity index (χ3n) is 3.25. The topological polar surface area (TPSA) is 54.0 Å². The van der Waals surface area contributed by atoms with E-state index in [1.165, 1.54) is 0 Å². The maximum Gasteiger partial charge on any atom is 0.338 e. The lowest BCUT2D eigenvalue weighted by molar-refractivity contribution is 0.0470. The molecule has 23 heavy (non-hydrogen) atoms. The van der Waals surface area contributed by atoms with Crippen LogP contribution in [-0.2, 0) is 11.3 Å². The Bertz CT molecular complexity index is 649. The average molecular weight is 316 g/mol. The van der Waals surface area contributed by atoms with Gasteiger partial charge in [0.25, 0.3) is 0 Å². The number of hydrogen-bond donors (Lipinski definition) is 0. The average Bonchev–Trinajstić information content (AvgIpc) is 2.60. The predicted octanol–water partition coefficient (Wildman–Crippen LogP) is 3.46. The quantitative estimate of drug-likeness (QED) is 0.732. The van der Waals surface area contributed by atoms with Gasteiger partial charge < -0.3 is 18.9 Å². The number of ether oxygens (including phenoxy) is 4. The summed E-state index contributed by atoms with van der Waals surface area (Å²) in [6, 6.07) is 12.2. The van der Waals surface area contributed by atoms with Gasteiger partial charge in [0, 0.05) is 5.56 Å². The van der Waals surface area contributed by atoms with Crippen LogP contribution in [0.3, 0.4) is 0 Å². The fourth-order valence-corrected chi connectivity index (χ4v) is 2.08. The molecule has 0 radical (unpaired) electrons. The van der Waals surface area contributed by atoms with Crippen LogP contribution in [0.25, 0.3) is 0 Å². The SMILES string of the molecule is CCOc1ccc(C(=O)OCc2cc(OC)ccc2OC)cc1. The Kier molecular flexibility index (Phi) is 5.86. The second-order valence-electron chi connectivity index (χ2n) is 4.71. The van der Waals surface area contributed by atoms with E-state index in [4.69, 9.17) is 18.9 Å². The smallest absolute Gasteiger partial charge is 0.338 e. The zero-order valence-electron chi connectivity index (χ0n) is 13.5. The van der Waals surface area contributed by atoms with Crippen LogP contribution >= 0.6 is 0 Å². The number of esters is 1. The Morgan fingerprint density at radius 2 is 1.65 bits per heavy atom. The molecular formula is C18H20O5. The Morgan fingerprint density at radius 1 is 0.957 bits per heavy atom. The standard InChI is InChI=1S/C18H20O5/c1-4-22-15-7-5-13(6-8-15)18(19)23-12-14-11-16(20-2)9-10-17(14)21-3/h5-11H,4,12H2,1-3H3. The first-order valence-corrected chi connectivity index (χ1v) is 7.28. The van der Waals surface area contributed by atoms with Gasteiger partial charge in [-0.2, -0.15) is 0 Å². The van der Waals surface area contributed by atoms with E-state index in [-0.39, 0.29) is 6.61 Å². The summed E-state index contributed by atoms with van der Waals surface area (Å²) in [4.78, 5) is 12.1. The molecule has 0 fully saturated rings. The molecule has 0 atom stereocenters. The van der Waals surface area contributed by atoms with Gasteiger partial charge in [0.15, 0.2) is 0 Å². The lowest BCUT2D eigenvalue weighted by atomic mass is 10.2. The van der Waals surface area contributed by atoms with Crippen LogP contribution in [0.1, 0.15) is 22.8 Å². The van der Waals surface area contributed by atoms with Crippen LogP contribution in [0.4, 0.5) is 0 Å². The molecule has 2 aromatic carbocycles. The van der Waals surface area contributed by atoms with Gasteiger partial charge in [-0.15, -0.1) is 0 Å². The number of carbonyl (C=O) groups excluding carboxylic acids is 1. The van der Waals surface area contributed by atoms with E-state index >= 15 is 0 Å². The molecular weight excluding hydrogens is 296 g/mol. The van der Waals surface area contributed by atoms with Crippen molar-refractivity contribution in [2.75, 3.05) is 20.8 Å². The van der Waals surface area contributed by atoms with E-state index in [0.717, 1.165) is 11.3 Å². The minimum absolute atomic E-state index is 0.104. The van der Waals surface area contributed by atoms with Crippen molar-refractivity contribution in [1.82, 2.24) is 0 Å². The predicted molar refractivity (Wildman–Crippen MR) is 86.3 cm³/mol. The minimum Gasteiger partial charge on any atom is -0.497 e. The lowest BCUT2D eigenvalue weighted by Gasteiger charge is -2.11. The van der Waals surface area contributed by atoms with E-state index in [1.54, 1.807) is 56.7 Å². The van der Waals surface area contributed by atoms with Crippen molar-refractivity contribution in [2.24, 2.45) is 0 Å². The van der Waals surface area contributed by atoms with Gasteiger partial charge in [0.05, 0.1) is 26.4 Å². The highest BCUT2D eigenvalue weighted by Gasteiger charge is 2.11. The van der Waals surface area contributed by atoms with Crippen LogP contribution < -0.4 is 14.2 Å². The molecule has 0 N–H and O–H groups in total. The maximum absolute atomic E-state index is 12.1. The highest BCUT2D eigenvalue weighted by atomic mass is 16.5. The summed E-state index contributed by atoms with van der Waals surface area (Å²) in [6.07, 6.45) is 0. The van der Waals surface area contributed by atoms with E-state index in [9.17, 15) is 4.79 Å². The molecule has 0 unspecified atom stereocenters. The Labute approximate surface area is 135 Å². The molecule has 0 saturated heterocycles. The van der Waals surface area contributed by atoms with Crippen LogP contribution in [0.2, 0.25) is 0 Å². The van der Waals surface area contributed by atoms with E-state index < -0.39 is 5.97 Å². The molecule has 0 aliphatic rings. The fourth-order valence-electron chi connectivity index (χ4n) is 2.08. The number of benzene rings is 2. The number of hydrogen-bond acceptors (Lipinski definition) is 5. The normalized spacial score (nSPS) is 10.0. The van der Waals surface area contributed by atoms with Crippen LogP contribution in [0.5, 0.6) is 17.2 Å². The molecule has 0 bridgehead atoms. The molecule has 0 spiro atoms. The monoisotopic (exact) mass is 316 g/mol. The third-order valence-corrected chi connectivity index (χ3v) is 3.25. The lowest BCUT2D eigenvalue weighted by Crippen LogP contribution is -2.06. The first-order chi connectivity index (χ1) is 11.2. The summed E-state index contributed by atoms with van der Waals surface area (Å²) >= 11 is 0. The zero-order valence-corrected chi connectivity index (χ0v) is 13.5. The summed E-state index contributed by atoms with van der Waals surface area (Å²) in [7, 11) is 3.15. The highest BCUT2D eigenvalue weighted by Crippen LogP contribution is 2.25. The van der Waals surface area contributed by atoms with Gasteiger partial charge in [0.1, 0.15) is 23.9 Å². The van der Waals surface area contributed by atoms with Gasteiger partial charge >= 0.3 is 5.97 Å². The van der Waals surface area contributed by atoms with Gasteiger partial charge in [-0.05, 0) is 49.4 Å². The number of rotatable bonds is 7. The second kappa shape index (κ2) is 8.08. The molecule has 0 aliphatic heterocycles. The molecule has 5 heteroatoms. The minimum atomic E-state index is -0.405. The largest absolute Gasteiger partial charge is 0.497 e. The molecule has 0 heterocycles. The summed E-state index contributed by atoms with van der Waals surface area (Å²) in [5, 5.41) is 0. The van der Waals surface area contributed by atoms with Crippen molar-refractivity contribution >= 4 is 5.97 Å². The van der Waals surface area contributed by atoms with Gasteiger partial charge in [-0.1, -0.05) is 0 Å². The summed E-state index contributed by atoms with van der Waals surface area (Å²) in [5.41, 5.74) is 1.21. The zero-order chi connectivity index (χ0) is 16.7. The van der Waals surface area contributed by atoms with E-state index in [0.29, 0.717) is 23.7 Å². The summed E-state index contributed by atoms with van der Waals surface area (Å²) < 4.78 is 21.1. The first-order valence-electron chi connectivity index (χ1n) is 7.28. The van der Waals surface area contributed by atoms with Crippen molar-refractivity contribution in [3.63, 3.8) is 0 Å². The Morgan fingerprint density at radius 3 is 2.26 bits per heavy atom. The van der Waals surface area contributed by atoms with Crippen LogP contribution in [-0.4, -0.2) is 26.8 Å². The van der Waals surface area contributed by atoms with Crippen LogP contribution in [0, 0.1) is 0 Å². The molecule has 0 aromatic heterocycles. The van der Waals surface area contributed by atoms with Gasteiger partial charge in [-0.25, -0.2) is 4.79 Å². The van der Waals surface area contributed by atoms with Crippen molar-refractivity contribution < 1.29 is 23.7 Å². The Hall–Kier alpha value is -2.69. The van der Waals surface area contributed by atoms with Crippen molar-refractivity contribution in [2.45, 2.75) is 13.5 Å². The second-order valence-corrected chi connectivity index (χ2v) is 4.71. The van der Waals surface area contributed by atoms with Gasteiger partial charge in [0.2, 0.25) is 0 Å². The molecule has 5 nitrogen and oxygen atoms in total. The highest BCUT2D eigenvalue weighted by molar-refractivity contribution is 5.89. The van der Waals surface area contributed by atoms with E-state index in [1.807, 2.05) is 6.92 Å². The van der Waals surface area contributed by atoms with Gasteiger partial charge in [-0.3, -0.25) is 0 Å². The summed E-state index contributed by atoms with van der Waals surface area (Å²) in [5.74, 6) is 1.64. The van der Waals surface area contributed by atoms with Crippen molar-refractivity contribution in [3.8, 4) is 17.2 Å². The molecule has 0 aliphatic carbocycles. The molecule has 0 saturated carbocycles. The molecule has 2 aromatic rings. The molecule has 2 rings (SSSR count). The maximum atomic E-state index is 12.1. The summed E-state index contributed by atoms with van der Waals surface area (Å²) in [6.45, 7) is 2.59. The molecule has 122 valence electrons. The fraction of sp³-hybridized carbons (Fsp3) is 0.278. The molecule has 0 amide bonds.